The molecule has 0 aromatic heterocycles. The Labute approximate surface area is 89.0 Å². The fourth-order valence-corrected chi connectivity index (χ4v) is 1.79. The highest BCUT2D eigenvalue weighted by Crippen LogP contribution is 2.26. The van der Waals surface area contributed by atoms with Crippen LogP contribution in [0.5, 0.6) is 0 Å². The zero-order valence-corrected chi connectivity index (χ0v) is 9.34. The Morgan fingerprint density at radius 2 is 2.00 bits per heavy atom. The summed E-state index contributed by atoms with van der Waals surface area (Å²) in [6, 6.07) is 4.05. The van der Waals surface area contributed by atoms with Crippen molar-refractivity contribution in [1.82, 2.24) is 0 Å². The third-order valence-electron chi connectivity index (χ3n) is 1.83. The number of aryl methyl sites for hydroxylation is 2. The molecule has 0 fully saturated rings. The molecule has 0 aliphatic heterocycles. The number of rotatable bonds is 3. The molecule has 0 atom stereocenters. The van der Waals surface area contributed by atoms with Crippen LogP contribution in [0.2, 0.25) is 5.02 Å². The largest absolute Gasteiger partial charge is 0.382 e. The minimum atomic E-state index is 0.587. The van der Waals surface area contributed by atoms with E-state index >= 15 is 0 Å². The van der Waals surface area contributed by atoms with Crippen molar-refractivity contribution in [2.75, 3.05) is 17.7 Å². The first-order chi connectivity index (χ1) is 6.15. The van der Waals surface area contributed by atoms with E-state index < -0.39 is 0 Å². The summed E-state index contributed by atoms with van der Waals surface area (Å²) >= 11 is 11.6. The minimum Gasteiger partial charge on any atom is -0.382 e. The van der Waals surface area contributed by atoms with Gasteiger partial charge >= 0.3 is 0 Å². The zero-order valence-electron chi connectivity index (χ0n) is 7.82. The number of anilines is 1. The number of benzene rings is 1. The van der Waals surface area contributed by atoms with E-state index in [1.165, 1.54) is 5.56 Å². The Morgan fingerprint density at radius 3 is 2.54 bits per heavy atom. The second-order valence-corrected chi connectivity index (χ2v) is 3.84. The summed E-state index contributed by atoms with van der Waals surface area (Å²) in [6.45, 7) is 4.81. The van der Waals surface area contributed by atoms with Gasteiger partial charge in [0.1, 0.15) is 0 Å². The van der Waals surface area contributed by atoms with Crippen molar-refractivity contribution in [3.8, 4) is 0 Å². The second kappa shape index (κ2) is 4.73. The molecule has 3 heteroatoms. The maximum atomic E-state index is 6.06. The summed E-state index contributed by atoms with van der Waals surface area (Å²) in [5, 5.41) is 3.96. The highest BCUT2D eigenvalue weighted by Gasteiger charge is 2.03. The van der Waals surface area contributed by atoms with Gasteiger partial charge in [-0.3, -0.25) is 0 Å². The van der Waals surface area contributed by atoms with Crippen molar-refractivity contribution in [3.05, 3.63) is 28.3 Å². The lowest BCUT2D eigenvalue weighted by Gasteiger charge is -2.11. The first-order valence-corrected chi connectivity index (χ1v) is 5.13. The third-order valence-corrected chi connectivity index (χ3v) is 2.32. The minimum absolute atomic E-state index is 0.587. The molecule has 1 N–H and O–H groups in total. The van der Waals surface area contributed by atoms with Gasteiger partial charge < -0.3 is 5.32 Å². The smallest absolute Gasteiger partial charge is 0.0642 e. The summed E-state index contributed by atoms with van der Waals surface area (Å²) in [5.41, 5.74) is 3.34. The van der Waals surface area contributed by atoms with Gasteiger partial charge in [-0.15, -0.1) is 11.6 Å². The fourth-order valence-electron chi connectivity index (χ4n) is 1.31. The Kier molecular flexibility index (Phi) is 3.89. The molecule has 0 unspecified atom stereocenters. The van der Waals surface area contributed by atoms with Gasteiger partial charge in [0.25, 0.3) is 0 Å². The first kappa shape index (κ1) is 10.7. The predicted molar refractivity (Wildman–Crippen MR) is 60.1 cm³/mol. The molecule has 0 amide bonds. The van der Waals surface area contributed by atoms with E-state index in [-0.39, 0.29) is 0 Å². The van der Waals surface area contributed by atoms with Gasteiger partial charge in [-0.2, -0.15) is 0 Å². The molecule has 0 saturated carbocycles. The average molecular weight is 218 g/mol. The van der Waals surface area contributed by atoms with Crippen molar-refractivity contribution in [2.24, 2.45) is 0 Å². The first-order valence-electron chi connectivity index (χ1n) is 4.21. The molecule has 72 valence electrons. The molecule has 1 rings (SSSR count). The molecule has 0 radical (unpaired) electrons. The standard InChI is InChI=1S/C10H13Cl2N/c1-7-5-8(2)10(9(12)6-7)13-4-3-11/h5-6,13H,3-4H2,1-2H3. The number of alkyl halides is 1. The number of nitrogens with one attached hydrogen (secondary N) is 1. The quantitative estimate of drug-likeness (QED) is 0.764. The van der Waals surface area contributed by atoms with Gasteiger partial charge in [0.05, 0.1) is 10.7 Å². The summed E-state index contributed by atoms with van der Waals surface area (Å²) < 4.78 is 0. The van der Waals surface area contributed by atoms with Crippen molar-refractivity contribution in [2.45, 2.75) is 13.8 Å². The second-order valence-electron chi connectivity index (χ2n) is 3.05. The van der Waals surface area contributed by atoms with E-state index in [1.807, 2.05) is 19.9 Å². The maximum Gasteiger partial charge on any atom is 0.0642 e. The summed E-state index contributed by atoms with van der Waals surface area (Å²) in [5.74, 6) is 0.587. The Balaban J connectivity index is 2.92. The Hall–Kier alpha value is -0.400. The Morgan fingerprint density at radius 1 is 1.31 bits per heavy atom. The SMILES string of the molecule is Cc1cc(C)c(NCCCl)c(Cl)c1. The lowest BCUT2D eigenvalue weighted by atomic mass is 10.1. The van der Waals surface area contributed by atoms with Crippen LogP contribution in [0.4, 0.5) is 5.69 Å². The monoisotopic (exact) mass is 217 g/mol. The van der Waals surface area contributed by atoms with Gasteiger partial charge in [-0.25, -0.2) is 0 Å². The predicted octanol–water partition coefficient (Wildman–Crippen LogP) is 3.61. The van der Waals surface area contributed by atoms with Crippen LogP contribution >= 0.6 is 23.2 Å². The molecule has 1 aromatic rings. The molecule has 0 heterocycles. The third kappa shape index (κ3) is 2.78. The van der Waals surface area contributed by atoms with E-state index in [0.717, 1.165) is 22.8 Å². The van der Waals surface area contributed by atoms with Crippen molar-refractivity contribution >= 4 is 28.9 Å². The molecule has 0 spiro atoms. The molecule has 13 heavy (non-hydrogen) atoms. The highest BCUT2D eigenvalue weighted by atomic mass is 35.5. The van der Waals surface area contributed by atoms with Crippen molar-refractivity contribution in [1.29, 1.82) is 0 Å². The molecule has 1 nitrogen and oxygen atoms in total. The van der Waals surface area contributed by atoms with Gasteiger partial charge in [-0.1, -0.05) is 17.7 Å². The van der Waals surface area contributed by atoms with Gasteiger partial charge in [0.2, 0.25) is 0 Å². The fraction of sp³-hybridized carbons (Fsp3) is 0.400. The van der Waals surface area contributed by atoms with Crippen LogP contribution in [-0.2, 0) is 0 Å². The van der Waals surface area contributed by atoms with Gasteiger partial charge in [0.15, 0.2) is 0 Å². The molecular weight excluding hydrogens is 205 g/mol. The van der Waals surface area contributed by atoms with Gasteiger partial charge in [-0.05, 0) is 31.0 Å². The Bertz CT molecular complexity index is 274. The summed E-state index contributed by atoms with van der Waals surface area (Å²) in [4.78, 5) is 0. The lowest BCUT2D eigenvalue weighted by Crippen LogP contribution is -2.04. The number of hydrogen-bond acceptors (Lipinski definition) is 1. The molecule has 0 bridgehead atoms. The van der Waals surface area contributed by atoms with E-state index in [2.05, 4.69) is 11.4 Å². The average Bonchev–Trinajstić information content (AvgIpc) is 2.02. The molecular formula is C10H13Cl2N. The van der Waals surface area contributed by atoms with Crippen molar-refractivity contribution < 1.29 is 0 Å². The number of hydrogen-bond donors (Lipinski definition) is 1. The summed E-state index contributed by atoms with van der Waals surface area (Å²) in [7, 11) is 0. The maximum absolute atomic E-state index is 6.06. The van der Waals surface area contributed by atoms with Crippen LogP contribution in [0.1, 0.15) is 11.1 Å². The van der Waals surface area contributed by atoms with Crippen LogP contribution in [0.3, 0.4) is 0 Å². The topological polar surface area (TPSA) is 12.0 Å². The van der Waals surface area contributed by atoms with Crippen LogP contribution in [0, 0.1) is 13.8 Å². The van der Waals surface area contributed by atoms with Crippen LogP contribution in [0.15, 0.2) is 12.1 Å². The van der Waals surface area contributed by atoms with E-state index in [9.17, 15) is 0 Å². The normalized spacial score (nSPS) is 10.2. The van der Waals surface area contributed by atoms with E-state index in [0.29, 0.717) is 5.88 Å². The van der Waals surface area contributed by atoms with Gasteiger partial charge in [0, 0.05) is 12.4 Å². The molecule has 0 aliphatic rings. The number of halogens is 2. The zero-order chi connectivity index (χ0) is 9.84. The molecule has 0 aliphatic carbocycles. The highest BCUT2D eigenvalue weighted by molar-refractivity contribution is 6.33. The molecule has 0 saturated heterocycles. The van der Waals surface area contributed by atoms with Crippen LogP contribution in [-0.4, -0.2) is 12.4 Å². The van der Waals surface area contributed by atoms with Crippen LogP contribution < -0.4 is 5.32 Å². The lowest BCUT2D eigenvalue weighted by molar-refractivity contribution is 1.20. The van der Waals surface area contributed by atoms with E-state index in [1.54, 1.807) is 0 Å². The van der Waals surface area contributed by atoms with Crippen LogP contribution in [0.25, 0.3) is 0 Å². The van der Waals surface area contributed by atoms with E-state index in [4.69, 9.17) is 23.2 Å². The summed E-state index contributed by atoms with van der Waals surface area (Å²) in [6.07, 6.45) is 0. The molecule has 1 aromatic carbocycles. The van der Waals surface area contributed by atoms with Crippen molar-refractivity contribution in [3.63, 3.8) is 0 Å².